The van der Waals surface area contributed by atoms with Gasteiger partial charge < -0.3 is 30.4 Å². The summed E-state index contributed by atoms with van der Waals surface area (Å²) in [4.78, 5) is 38.1. The van der Waals surface area contributed by atoms with Crippen LogP contribution >= 0.6 is 0 Å². The van der Waals surface area contributed by atoms with Crippen LogP contribution in [0.5, 0.6) is 0 Å². The fraction of sp³-hybridized carbons (Fsp3) is 0.542. The summed E-state index contributed by atoms with van der Waals surface area (Å²) in [6.45, 7) is 7.40. The molecule has 2 saturated carbocycles. The quantitative estimate of drug-likeness (QED) is 0.562. The molecular weight excluding hydrogens is 462 g/mol. The molecule has 2 aliphatic carbocycles. The number of aromatic nitrogens is 1. The molecule has 0 radical (unpaired) electrons. The van der Waals surface area contributed by atoms with Gasteiger partial charge in [-0.15, -0.1) is 0 Å². The average Bonchev–Trinajstić information content (AvgIpc) is 3.65. The van der Waals surface area contributed by atoms with Crippen molar-refractivity contribution in [2.24, 2.45) is 11.8 Å². The van der Waals surface area contributed by atoms with Crippen molar-refractivity contribution in [1.82, 2.24) is 9.88 Å². The molecule has 0 spiro atoms. The molecular formula is C24H28F2N4O5. The van der Waals surface area contributed by atoms with Crippen molar-refractivity contribution < 1.29 is 28.2 Å². The third-order valence-corrected chi connectivity index (χ3v) is 7.19. The minimum atomic E-state index is -1.48. The molecule has 4 N–H and O–H groups in total. The number of carbonyl (C=O) groups is 2. The van der Waals surface area contributed by atoms with E-state index in [1.54, 1.807) is 25.7 Å². The van der Waals surface area contributed by atoms with Crippen LogP contribution in [0.1, 0.15) is 56.9 Å². The molecule has 1 saturated heterocycles. The highest BCUT2D eigenvalue weighted by atomic mass is 19.1. The number of ether oxygens (including phenoxy) is 1. The number of fused-ring (bicyclic) bond motifs is 2. The van der Waals surface area contributed by atoms with Crippen LogP contribution in [0.2, 0.25) is 0 Å². The van der Waals surface area contributed by atoms with Gasteiger partial charge in [-0.2, -0.15) is 0 Å². The van der Waals surface area contributed by atoms with Gasteiger partial charge in [0.05, 0.1) is 16.6 Å². The van der Waals surface area contributed by atoms with Gasteiger partial charge in [-0.05, 0) is 40.5 Å². The summed E-state index contributed by atoms with van der Waals surface area (Å²) in [5.74, 6) is -3.54. The number of benzene rings is 1. The zero-order valence-corrected chi connectivity index (χ0v) is 19.9. The van der Waals surface area contributed by atoms with Crippen molar-refractivity contribution in [2.75, 3.05) is 17.2 Å². The van der Waals surface area contributed by atoms with Gasteiger partial charge in [0.25, 0.3) is 0 Å². The zero-order valence-electron chi connectivity index (χ0n) is 19.9. The number of amides is 1. The highest BCUT2D eigenvalue weighted by molar-refractivity contribution is 6.00. The number of halogens is 2. The van der Waals surface area contributed by atoms with E-state index in [4.69, 9.17) is 10.5 Å². The number of carbonyl (C=O) groups excluding carboxylic acids is 1. The first-order chi connectivity index (χ1) is 16.3. The van der Waals surface area contributed by atoms with Gasteiger partial charge in [0.2, 0.25) is 5.43 Å². The van der Waals surface area contributed by atoms with Crippen LogP contribution in [-0.4, -0.2) is 46.0 Å². The van der Waals surface area contributed by atoms with E-state index in [1.165, 1.54) is 4.57 Å². The molecule has 4 atom stereocenters. The van der Waals surface area contributed by atoms with Gasteiger partial charge in [-0.1, -0.05) is 0 Å². The molecule has 9 nitrogen and oxygen atoms in total. The number of carboxylic acid groups (broad SMARTS) is 1. The molecule has 2 heterocycles. The van der Waals surface area contributed by atoms with Crippen LogP contribution in [0.4, 0.5) is 25.0 Å². The van der Waals surface area contributed by atoms with Crippen molar-refractivity contribution >= 4 is 34.3 Å². The molecule has 1 amide bonds. The number of rotatable bonds is 4. The maximum atomic E-state index is 16.0. The summed E-state index contributed by atoms with van der Waals surface area (Å²) >= 11 is 0. The Kier molecular flexibility index (Phi) is 5.05. The first-order valence-corrected chi connectivity index (χ1v) is 11.7. The van der Waals surface area contributed by atoms with Crippen LogP contribution in [0.3, 0.4) is 0 Å². The standard InChI is InChI=1S/C24H28F2N4O5/c1-9-13-11(18(13)28-23(34)35-24(2,3)4)7-29(9)20-15(25)17(27)14-19(16(20)26)30(10-5-6-10)8-12(21(14)31)22(32)33/h8-11,13,18H,5-7,27H2,1-4H3,(H,28,34)(H,32,33). The van der Waals surface area contributed by atoms with Crippen molar-refractivity contribution in [3.05, 3.63) is 33.6 Å². The number of piperidine rings is 1. The number of pyridine rings is 1. The second-order valence-electron chi connectivity index (χ2n) is 10.7. The van der Waals surface area contributed by atoms with Gasteiger partial charge >= 0.3 is 12.1 Å². The van der Waals surface area contributed by atoms with E-state index in [1.807, 2.05) is 6.92 Å². The summed E-state index contributed by atoms with van der Waals surface area (Å²) in [6, 6.07) is -0.668. The SMILES string of the molecule is CC1C2C(CN1c1c(F)c(N)c3c(=O)c(C(=O)O)cn(C4CC4)c3c1F)C2NC(=O)OC(C)(C)C. The number of nitrogens with zero attached hydrogens (tertiary/aromatic N) is 2. The monoisotopic (exact) mass is 490 g/mol. The normalized spacial score (nSPS) is 25.5. The lowest BCUT2D eigenvalue weighted by atomic mass is 10.0. The number of nitrogen functional groups attached to an aromatic ring is 1. The summed E-state index contributed by atoms with van der Waals surface area (Å²) in [5.41, 5.74) is 2.72. The van der Waals surface area contributed by atoms with E-state index in [-0.39, 0.29) is 47.7 Å². The largest absolute Gasteiger partial charge is 0.477 e. The number of hydrogen-bond acceptors (Lipinski definition) is 6. The topological polar surface area (TPSA) is 127 Å². The van der Waals surface area contributed by atoms with Crippen molar-refractivity contribution in [3.8, 4) is 0 Å². The predicted molar refractivity (Wildman–Crippen MR) is 125 cm³/mol. The van der Waals surface area contributed by atoms with Gasteiger partial charge in [0.15, 0.2) is 11.6 Å². The highest BCUT2D eigenvalue weighted by Crippen LogP contribution is 2.53. The van der Waals surface area contributed by atoms with Crippen molar-refractivity contribution in [2.45, 2.75) is 64.3 Å². The van der Waals surface area contributed by atoms with Crippen LogP contribution in [0, 0.1) is 23.5 Å². The number of nitrogens with one attached hydrogen (secondary N) is 1. The minimum absolute atomic E-state index is 0.0201. The third-order valence-electron chi connectivity index (χ3n) is 7.19. The second kappa shape index (κ2) is 7.56. The summed E-state index contributed by atoms with van der Waals surface area (Å²) in [5, 5.41) is 11.8. The van der Waals surface area contributed by atoms with Gasteiger partial charge in [0, 0.05) is 42.7 Å². The Morgan fingerprint density at radius 2 is 1.89 bits per heavy atom. The Labute approximate surface area is 199 Å². The summed E-state index contributed by atoms with van der Waals surface area (Å²) in [7, 11) is 0. The van der Waals surface area contributed by atoms with Crippen molar-refractivity contribution in [3.63, 3.8) is 0 Å². The fourth-order valence-electron chi connectivity index (χ4n) is 5.43. The number of hydrogen-bond donors (Lipinski definition) is 3. The zero-order chi connectivity index (χ0) is 25.6. The maximum absolute atomic E-state index is 16.0. The van der Waals surface area contributed by atoms with Crippen LogP contribution in [-0.2, 0) is 4.74 Å². The molecule has 4 unspecified atom stereocenters. The molecule has 1 aliphatic heterocycles. The lowest BCUT2D eigenvalue weighted by Gasteiger charge is -2.30. The molecule has 1 aromatic heterocycles. The molecule has 1 aromatic carbocycles. The average molecular weight is 491 g/mol. The molecule has 35 heavy (non-hydrogen) atoms. The Morgan fingerprint density at radius 3 is 2.40 bits per heavy atom. The van der Waals surface area contributed by atoms with E-state index >= 15 is 8.78 Å². The van der Waals surface area contributed by atoms with E-state index in [0.29, 0.717) is 12.8 Å². The van der Waals surface area contributed by atoms with Gasteiger partial charge in [-0.25, -0.2) is 18.4 Å². The molecule has 0 bridgehead atoms. The predicted octanol–water partition coefficient (Wildman–Crippen LogP) is 3.24. The van der Waals surface area contributed by atoms with Crippen LogP contribution < -0.4 is 21.4 Å². The van der Waals surface area contributed by atoms with E-state index < -0.39 is 51.4 Å². The van der Waals surface area contributed by atoms with E-state index in [2.05, 4.69) is 5.32 Å². The van der Waals surface area contributed by atoms with Crippen LogP contribution in [0.25, 0.3) is 10.9 Å². The van der Waals surface area contributed by atoms with E-state index in [9.17, 15) is 19.5 Å². The third kappa shape index (κ3) is 3.68. The number of nitrogens with two attached hydrogens (primary N) is 1. The first kappa shape index (κ1) is 23.4. The fourth-order valence-corrected chi connectivity index (χ4v) is 5.43. The molecule has 188 valence electrons. The lowest BCUT2D eigenvalue weighted by molar-refractivity contribution is 0.0516. The number of anilines is 2. The Morgan fingerprint density at radius 1 is 1.23 bits per heavy atom. The van der Waals surface area contributed by atoms with E-state index in [0.717, 1.165) is 6.20 Å². The number of carboxylic acids is 1. The molecule has 3 fully saturated rings. The first-order valence-electron chi connectivity index (χ1n) is 11.7. The smallest absolute Gasteiger partial charge is 0.407 e. The maximum Gasteiger partial charge on any atom is 0.407 e. The number of aromatic carboxylic acids is 1. The van der Waals surface area contributed by atoms with Gasteiger partial charge in [-0.3, -0.25) is 4.79 Å². The summed E-state index contributed by atoms with van der Waals surface area (Å²) < 4.78 is 38.2. The molecule has 11 heteroatoms. The lowest BCUT2D eigenvalue weighted by Crippen LogP contribution is -2.41. The van der Waals surface area contributed by atoms with Crippen LogP contribution in [0.15, 0.2) is 11.0 Å². The van der Waals surface area contributed by atoms with Crippen molar-refractivity contribution in [1.29, 1.82) is 0 Å². The summed E-state index contributed by atoms with van der Waals surface area (Å²) in [6.07, 6.45) is 1.96. The molecule has 5 rings (SSSR count). The Balaban J connectivity index is 1.52. The minimum Gasteiger partial charge on any atom is -0.477 e. The molecule has 2 aromatic rings. The highest BCUT2D eigenvalue weighted by Gasteiger charge is 2.61. The van der Waals surface area contributed by atoms with Gasteiger partial charge in [0.1, 0.15) is 16.9 Å². The molecule has 3 aliphatic rings. The Bertz CT molecular complexity index is 1330. The second-order valence-corrected chi connectivity index (χ2v) is 10.7. The number of alkyl carbamates (subject to hydrolysis) is 1. The Hall–Kier alpha value is -3.37.